The van der Waals surface area contributed by atoms with E-state index in [1.807, 2.05) is 41.1 Å². The number of rotatable bonds is 7. The van der Waals surface area contributed by atoms with Crippen molar-refractivity contribution in [3.8, 4) is 5.75 Å². The van der Waals surface area contributed by atoms with E-state index in [1.165, 1.54) is 5.56 Å². The summed E-state index contributed by atoms with van der Waals surface area (Å²) in [4.78, 5) is 0. The second-order valence-corrected chi connectivity index (χ2v) is 5.14. The summed E-state index contributed by atoms with van der Waals surface area (Å²) >= 11 is 1.63. The van der Waals surface area contributed by atoms with E-state index in [0.29, 0.717) is 13.2 Å². The molecule has 0 fully saturated rings. The topological polar surface area (TPSA) is 41.5 Å². The monoisotopic (exact) mass is 277 g/mol. The zero-order valence-electron chi connectivity index (χ0n) is 11.0. The molecule has 1 heterocycles. The van der Waals surface area contributed by atoms with Crippen molar-refractivity contribution in [1.82, 2.24) is 0 Å². The van der Waals surface area contributed by atoms with Crippen LogP contribution in [0.25, 0.3) is 0 Å². The Morgan fingerprint density at radius 2 is 2.05 bits per heavy atom. The maximum atomic E-state index is 9.83. The quantitative estimate of drug-likeness (QED) is 0.817. The highest BCUT2D eigenvalue weighted by atomic mass is 32.1. The number of hydrogen-bond donors (Lipinski definition) is 2. The largest absolute Gasteiger partial charge is 0.491 e. The molecule has 0 spiro atoms. The van der Waals surface area contributed by atoms with Gasteiger partial charge in [-0.15, -0.1) is 0 Å². The lowest BCUT2D eigenvalue weighted by Gasteiger charge is -2.13. The van der Waals surface area contributed by atoms with Crippen molar-refractivity contribution in [2.75, 3.05) is 18.5 Å². The van der Waals surface area contributed by atoms with Gasteiger partial charge in [0.15, 0.2) is 0 Å². The number of hydrogen-bond acceptors (Lipinski definition) is 4. The summed E-state index contributed by atoms with van der Waals surface area (Å²) in [6.07, 6.45) is 0.499. The smallest absolute Gasteiger partial charge is 0.119 e. The van der Waals surface area contributed by atoms with Crippen LogP contribution in [-0.4, -0.2) is 24.4 Å². The van der Waals surface area contributed by atoms with Gasteiger partial charge in [-0.2, -0.15) is 11.3 Å². The Morgan fingerprint density at radius 1 is 1.26 bits per heavy atom. The Kier molecular flexibility index (Phi) is 5.24. The molecular weight excluding hydrogens is 258 g/mol. The molecule has 0 aliphatic rings. The Morgan fingerprint density at radius 3 is 2.68 bits per heavy atom. The predicted molar refractivity (Wildman–Crippen MR) is 80.1 cm³/mol. The lowest BCUT2D eigenvalue weighted by Crippen LogP contribution is -2.26. The van der Waals surface area contributed by atoms with E-state index < -0.39 is 6.10 Å². The van der Waals surface area contributed by atoms with Crippen LogP contribution in [-0.2, 0) is 6.42 Å². The Hall–Kier alpha value is -1.52. The highest BCUT2D eigenvalue weighted by molar-refractivity contribution is 7.08. The number of ether oxygens (including phenoxy) is 1. The van der Waals surface area contributed by atoms with Crippen LogP contribution in [0.5, 0.6) is 5.75 Å². The molecule has 2 rings (SSSR count). The lowest BCUT2D eigenvalue weighted by atomic mass is 10.2. The van der Waals surface area contributed by atoms with Crippen molar-refractivity contribution < 1.29 is 9.84 Å². The highest BCUT2D eigenvalue weighted by Gasteiger charge is 2.05. The summed E-state index contributed by atoms with van der Waals surface area (Å²) in [5.41, 5.74) is 2.32. The van der Waals surface area contributed by atoms with Gasteiger partial charge in [0.05, 0.1) is 0 Å². The van der Waals surface area contributed by atoms with Crippen LogP contribution < -0.4 is 10.1 Å². The first-order valence-electron chi connectivity index (χ1n) is 6.44. The van der Waals surface area contributed by atoms with Crippen molar-refractivity contribution in [1.29, 1.82) is 0 Å². The molecule has 1 aromatic carbocycles. The van der Waals surface area contributed by atoms with Gasteiger partial charge in [-0.1, -0.05) is 19.1 Å². The number of aryl methyl sites for hydroxylation is 1. The molecule has 0 aliphatic carbocycles. The third-order valence-corrected chi connectivity index (χ3v) is 3.52. The molecule has 0 saturated carbocycles. The Bertz CT molecular complexity index is 467. The van der Waals surface area contributed by atoms with Crippen molar-refractivity contribution in [3.63, 3.8) is 0 Å². The summed E-state index contributed by atoms with van der Waals surface area (Å²) in [6, 6.07) is 9.97. The van der Waals surface area contributed by atoms with Gasteiger partial charge in [0.25, 0.3) is 0 Å². The molecule has 1 aromatic heterocycles. The lowest BCUT2D eigenvalue weighted by molar-refractivity contribution is 0.117. The van der Waals surface area contributed by atoms with Gasteiger partial charge >= 0.3 is 0 Å². The van der Waals surface area contributed by atoms with E-state index in [2.05, 4.69) is 12.2 Å². The normalized spacial score (nSPS) is 12.1. The number of thiophene rings is 1. The standard InChI is InChI=1S/C15H19NO2S/c1-2-12-3-5-15(6-4-12)18-10-14(17)9-16-13-7-8-19-11-13/h3-8,11,14,16-17H,2,9-10H2,1H3. The molecule has 102 valence electrons. The first-order chi connectivity index (χ1) is 9.28. The molecule has 19 heavy (non-hydrogen) atoms. The summed E-state index contributed by atoms with van der Waals surface area (Å²) in [7, 11) is 0. The van der Waals surface area contributed by atoms with Gasteiger partial charge in [-0.05, 0) is 35.6 Å². The average molecular weight is 277 g/mol. The molecule has 0 saturated heterocycles. The molecule has 0 bridgehead atoms. The van der Waals surface area contributed by atoms with Gasteiger partial charge in [0.2, 0.25) is 0 Å². The molecule has 2 aromatic rings. The fourth-order valence-electron chi connectivity index (χ4n) is 1.67. The second-order valence-electron chi connectivity index (χ2n) is 4.36. The minimum atomic E-state index is -0.522. The molecule has 0 aliphatic heterocycles. The molecular formula is C15H19NO2S. The van der Waals surface area contributed by atoms with Gasteiger partial charge in [0.1, 0.15) is 18.5 Å². The Balaban J connectivity index is 1.71. The third kappa shape index (κ3) is 4.58. The molecule has 0 amide bonds. The molecule has 3 nitrogen and oxygen atoms in total. The first-order valence-corrected chi connectivity index (χ1v) is 7.38. The second kappa shape index (κ2) is 7.16. The average Bonchev–Trinajstić information content (AvgIpc) is 2.96. The predicted octanol–water partition coefficient (Wildman–Crippen LogP) is 3.16. The Labute approximate surface area is 117 Å². The van der Waals surface area contributed by atoms with E-state index in [9.17, 15) is 5.11 Å². The first kappa shape index (κ1) is 13.9. The maximum absolute atomic E-state index is 9.83. The van der Waals surface area contributed by atoms with E-state index in [-0.39, 0.29) is 0 Å². The SMILES string of the molecule is CCc1ccc(OCC(O)CNc2ccsc2)cc1. The summed E-state index contributed by atoms with van der Waals surface area (Å²) in [5, 5.41) is 17.0. The maximum Gasteiger partial charge on any atom is 0.119 e. The summed E-state index contributed by atoms with van der Waals surface area (Å²) < 4.78 is 5.55. The van der Waals surface area contributed by atoms with Gasteiger partial charge in [-0.25, -0.2) is 0 Å². The molecule has 1 unspecified atom stereocenters. The molecule has 1 atom stereocenters. The van der Waals surface area contributed by atoms with Crippen molar-refractivity contribution in [2.45, 2.75) is 19.4 Å². The van der Waals surface area contributed by atoms with E-state index in [4.69, 9.17) is 4.74 Å². The van der Waals surface area contributed by atoms with Crippen LogP contribution >= 0.6 is 11.3 Å². The van der Waals surface area contributed by atoms with E-state index in [1.54, 1.807) is 11.3 Å². The van der Waals surface area contributed by atoms with Crippen LogP contribution in [0.3, 0.4) is 0 Å². The zero-order chi connectivity index (χ0) is 13.5. The van der Waals surface area contributed by atoms with Gasteiger partial charge in [-0.3, -0.25) is 0 Å². The minimum Gasteiger partial charge on any atom is -0.491 e. The number of anilines is 1. The van der Waals surface area contributed by atoms with Crippen molar-refractivity contribution >= 4 is 17.0 Å². The summed E-state index contributed by atoms with van der Waals surface area (Å²) in [5.74, 6) is 0.798. The van der Waals surface area contributed by atoms with Crippen molar-refractivity contribution in [3.05, 3.63) is 46.7 Å². The van der Waals surface area contributed by atoms with Gasteiger partial charge < -0.3 is 15.2 Å². The van der Waals surface area contributed by atoms with Gasteiger partial charge in [0, 0.05) is 17.6 Å². The summed E-state index contributed by atoms with van der Waals surface area (Å²) in [6.45, 7) is 2.90. The van der Waals surface area contributed by atoms with Crippen molar-refractivity contribution in [2.24, 2.45) is 0 Å². The van der Waals surface area contributed by atoms with E-state index in [0.717, 1.165) is 17.9 Å². The number of aliphatic hydroxyl groups excluding tert-OH is 1. The molecule has 2 N–H and O–H groups in total. The van der Waals surface area contributed by atoms with Crippen LogP contribution in [0, 0.1) is 0 Å². The van der Waals surface area contributed by atoms with Crippen LogP contribution in [0.2, 0.25) is 0 Å². The molecule has 0 radical (unpaired) electrons. The highest BCUT2D eigenvalue weighted by Crippen LogP contribution is 2.14. The number of nitrogens with one attached hydrogen (secondary N) is 1. The zero-order valence-corrected chi connectivity index (χ0v) is 11.8. The minimum absolute atomic E-state index is 0.294. The number of benzene rings is 1. The van der Waals surface area contributed by atoms with Crippen LogP contribution in [0.15, 0.2) is 41.1 Å². The number of aliphatic hydroxyl groups is 1. The fraction of sp³-hybridized carbons (Fsp3) is 0.333. The third-order valence-electron chi connectivity index (χ3n) is 2.84. The van der Waals surface area contributed by atoms with E-state index >= 15 is 0 Å². The van der Waals surface area contributed by atoms with Crippen LogP contribution in [0.1, 0.15) is 12.5 Å². The molecule has 4 heteroatoms. The van der Waals surface area contributed by atoms with Crippen LogP contribution in [0.4, 0.5) is 5.69 Å². The fourth-order valence-corrected chi connectivity index (χ4v) is 2.29.